The summed E-state index contributed by atoms with van der Waals surface area (Å²) in [6, 6.07) is 12.6. The van der Waals surface area contributed by atoms with Crippen LogP contribution in [0.1, 0.15) is 10.6 Å². The molecule has 1 N–H and O–H groups in total. The summed E-state index contributed by atoms with van der Waals surface area (Å²) in [5.74, 6) is 0. The summed E-state index contributed by atoms with van der Waals surface area (Å²) >= 11 is 1.60. The van der Waals surface area contributed by atoms with Gasteiger partial charge in [0.25, 0.3) is 0 Å². The van der Waals surface area contributed by atoms with Crippen LogP contribution in [-0.2, 0) is 0 Å². The SMILES string of the molecule is Cc1nc(-c2cccc(NC(C#N)=C(C#N)C#N)c2)sc1C. The molecule has 0 aliphatic rings. The Morgan fingerprint density at radius 2 is 1.86 bits per heavy atom. The molecule has 0 radical (unpaired) electrons. The molecule has 1 aromatic carbocycles. The maximum atomic E-state index is 9.06. The van der Waals surface area contributed by atoms with Crippen LogP contribution in [0.15, 0.2) is 35.5 Å². The van der Waals surface area contributed by atoms with Crippen molar-refractivity contribution >= 4 is 17.0 Å². The molecule has 5 nitrogen and oxygen atoms in total. The highest BCUT2D eigenvalue weighted by Crippen LogP contribution is 2.29. The zero-order chi connectivity index (χ0) is 16.1. The Kier molecular flexibility index (Phi) is 4.53. The van der Waals surface area contributed by atoms with Crippen molar-refractivity contribution in [3.8, 4) is 28.8 Å². The largest absolute Gasteiger partial charge is 0.345 e. The summed E-state index contributed by atoms with van der Waals surface area (Å²) in [6.07, 6.45) is 0. The van der Waals surface area contributed by atoms with Crippen LogP contribution in [-0.4, -0.2) is 4.98 Å². The van der Waals surface area contributed by atoms with Crippen molar-refractivity contribution in [2.45, 2.75) is 13.8 Å². The van der Waals surface area contributed by atoms with Gasteiger partial charge in [0.1, 0.15) is 28.9 Å². The molecule has 0 fully saturated rings. The van der Waals surface area contributed by atoms with Crippen LogP contribution in [0.5, 0.6) is 0 Å². The van der Waals surface area contributed by atoms with Gasteiger partial charge in [-0.2, -0.15) is 15.8 Å². The smallest absolute Gasteiger partial charge is 0.163 e. The number of allylic oxidation sites excluding steroid dienone is 2. The molecule has 0 amide bonds. The lowest BCUT2D eigenvalue weighted by Crippen LogP contribution is -2.00. The van der Waals surface area contributed by atoms with Crippen molar-refractivity contribution in [2.24, 2.45) is 0 Å². The molecule has 0 saturated carbocycles. The molecule has 0 aliphatic heterocycles. The summed E-state index contributed by atoms with van der Waals surface area (Å²) in [6.45, 7) is 3.97. The maximum absolute atomic E-state index is 9.06. The predicted molar refractivity (Wildman–Crippen MR) is 84.5 cm³/mol. The first-order valence-corrected chi connectivity index (χ1v) is 7.16. The standard InChI is InChI=1S/C16H11N5S/c1-10-11(2)22-16(20-10)12-4-3-5-14(6-12)21-15(9-19)13(7-17)8-18/h3-6,21H,1-2H3. The molecule has 22 heavy (non-hydrogen) atoms. The van der Waals surface area contributed by atoms with Gasteiger partial charge < -0.3 is 5.32 Å². The van der Waals surface area contributed by atoms with Crippen molar-refractivity contribution in [3.05, 3.63) is 46.1 Å². The van der Waals surface area contributed by atoms with E-state index in [-0.39, 0.29) is 11.3 Å². The Morgan fingerprint density at radius 3 is 2.41 bits per heavy atom. The second kappa shape index (κ2) is 6.54. The Labute approximate surface area is 132 Å². The average molecular weight is 305 g/mol. The third-order valence-corrected chi connectivity index (χ3v) is 4.11. The van der Waals surface area contributed by atoms with Crippen LogP contribution in [0.2, 0.25) is 0 Å². The molecule has 0 spiro atoms. The van der Waals surface area contributed by atoms with E-state index in [9.17, 15) is 0 Å². The van der Waals surface area contributed by atoms with Gasteiger partial charge in [-0.1, -0.05) is 12.1 Å². The lowest BCUT2D eigenvalue weighted by atomic mass is 10.2. The predicted octanol–water partition coefficient (Wildman–Crippen LogP) is 3.66. The molecule has 0 unspecified atom stereocenters. The fourth-order valence-electron chi connectivity index (χ4n) is 1.75. The molecule has 0 bridgehead atoms. The van der Waals surface area contributed by atoms with Gasteiger partial charge in [-0.05, 0) is 26.0 Å². The van der Waals surface area contributed by atoms with Gasteiger partial charge in [0.2, 0.25) is 0 Å². The van der Waals surface area contributed by atoms with Crippen molar-refractivity contribution in [2.75, 3.05) is 5.32 Å². The van der Waals surface area contributed by atoms with Crippen LogP contribution >= 0.6 is 11.3 Å². The number of nitrogens with zero attached hydrogens (tertiary/aromatic N) is 4. The van der Waals surface area contributed by atoms with Crippen LogP contribution in [0.25, 0.3) is 10.6 Å². The van der Waals surface area contributed by atoms with Crippen LogP contribution in [0, 0.1) is 47.8 Å². The fraction of sp³-hybridized carbons (Fsp3) is 0.125. The summed E-state index contributed by atoms with van der Waals surface area (Å²) in [4.78, 5) is 5.65. The Morgan fingerprint density at radius 1 is 1.14 bits per heavy atom. The number of aryl methyl sites for hydroxylation is 2. The summed E-state index contributed by atoms with van der Waals surface area (Å²) in [5.41, 5.74) is 2.23. The normalized spacial score (nSPS) is 9.23. The van der Waals surface area contributed by atoms with Crippen molar-refractivity contribution in [3.63, 3.8) is 0 Å². The highest BCUT2D eigenvalue weighted by molar-refractivity contribution is 7.15. The number of nitriles is 3. The molecule has 0 aliphatic carbocycles. The van der Waals surface area contributed by atoms with Gasteiger partial charge in [0.15, 0.2) is 5.57 Å². The van der Waals surface area contributed by atoms with Gasteiger partial charge in [0, 0.05) is 16.1 Å². The summed E-state index contributed by atoms with van der Waals surface area (Å²) < 4.78 is 0. The van der Waals surface area contributed by atoms with E-state index in [2.05, 4.69) is 10.3 Å². The number of rotatable bonds is 3. The average Bonchev–Trinajstić information content (AvgIpc) is 2.87. The maximum Gasteiger partial charge on any atom is 0.163 e. The monoisotopic (exact) mass is 305 g/mol. The Bertz CT molecular complexity index is 836. The van der Waals surface area contributed by atoms with E-state index in [0.717, 1.165) is 21.1 Å². The molecule has 106 valence electrons. The van der Waals surface area contributed by atoms with E-state index in [1.165, 1.54) is 0 Å². The zero-order valence-corrected chi connectivity index (χ0v) is 12.8. The third-order valence-electron chi connectivity index (χ3n) is 2.99. The molecule has 0 saturated heterocycles. The fourth-order valence-corrected chi connectivity index (χ4v) is 2.66. The zero-order valence-electron chi connectivity index (χ0n) is 12.0. The minimum Gasteiger partial charge on any atom is -0.345 e. The molecular weight excluding hydrogens is 294 g/mol. The molecule has 0 atom stereocenters. The lowest BCUT2D eigenvalue weighted by molar-refractivity contribution is 1.23. The minimum absolute atomic E-state index is 0.0614. The van der Waals surface area contributed by atoms with E-state index in [1.54, 1.807) is 29.5 Å². The van der Waals surface area contributed by atoms with Crippen LogP contribution in [0.3, 0.4) is 0 Å². The van der Waals surface area contributed by atoms with E-state index in [0.29, 0.717) is 5.69 Å². The molecule has 1 aromatic heterocycles. The number of aromatic nitrogens is 1. The number of thiazole rings is 1. The number of hydrogen-bond donors (Lipinski definition) is 1. The highest BCUT2D eigenvalue weighted by atomic mass is 32.1. The van der Waals surface area contributed by atoms with E-state index < -0.39 is 0 Å². The third kappa shape index (κ3) is 3.12. The number of benzene rings is 1. The molecule has 1 heterocycles. The van der Waals surface area contributed by atoms with Gasteiger partial charge in [-0.25, -0.2) is 4.98 Å². The lowest BCUT2D eigenvalue weighted by Gasteiger charge is -2.06. The van der Waals surface area contributed by atoms with Crippen molar-refractivity contribution in [1.29, 1.82) is 15.8 Å². The minimum atomic E-state index is -0.242. The number of hydrogen-bond acceptors (Lipinski definition) is 6. The Balaban J connectivity index is 2.38. The second-order valence-corrected chi connectivity index (χ2v) is 5.66. The van der Waals surface area contributed by atoms with E-state index in [1.807, 2.05) is 38.1 Å². The quantitative estimate of drug-likeness (QED) is 0.873. The first-order chi connectivity index (χ1) is 10.6. The van der Waals surface area contributed by atoms with Gasteiger partial charge in [-0.15, -0.1) is 11.3 Å². The second-order valence-electron chi connectivity index (χ2n) is 4.45. The summed E-state index contributed by atoms with van der Waals surface area (Å²) in [7, 11) is 0. The molecule has 2 rings (SSSR count). The number of anilines is 1. The van der Waals surface area contributed by atoms with E-state index in [4.69, 9.17) is 15.8 Å². The molecule has 2 aromatic rings. The topological polar surface area (TPSA) is 96.3 Å². The van der Waals surface area contributed by atoms with E-state index >= 15 is 0 Å². The molecular formula is C16H11N5S. The Hall–Kier alpha value is -3.14. The van der Waals surface area contributed by atoms with Crippen molar-refractivity contribution < 1.29 is 0 Å². The summed E-state index contributed by atoms with van der Waals surface area (Å²) in [5, 5.41) is 30.4. The van der Waals surface area contributed by atoms with Gasteiger partial charge in [-0.3, -0.25) is 0 Å². The highest BCUT2D eigenvalue weighted by Gasteiger charge is 2.09. The van der Waals surface area contributed by atoms with Gasteiger partial charge in [0.05, 0.1) is 5.69 Å². The first-order valence-electron chi connectivity index (χ1n) is 6.35. The van der Waals surface area contributed by atoms with Crippen LogP contribution < -0.4 is 5.32 Å². The number of nitrogens with one attached hydrogen (secondary N) is 1. The molecule has 6 heteroatoms. The van der Waals surface area contributed by atoms with Gasteiger partial charge >= 0.3 is 0 Å². The first kappa shape index (κ1) is 15.3. The van der Waals surface area contributed by atoms with Crippen molar-refractivity contribution in [1.82, 2.24) is 4.98 Å². The van der Waals surface area contributed by atoms with Crippen LogP contribution in [0.4, 0.5) is 5.69 Å².